The van der Waals surface area contributed by atoms with Gasteiger partial charge in [-0.25, -0.2) is 4.98 Å². The van der Waals surface area contributed by atoms with Crippen LogP contribution in [0.1, 0.15) is 23.5 Å². The largest absolute Gasteiger partial charge is 0.494 e. The van der Waals surface area contributed by atoms with Gasteiger partial charge in [-0.2, -0.15) is 0 Å². The van der Waals surface area contributed by atoms with Crippen molar-refractivity contribution < 1.29 is 9.53 Å². The number of nitrogens with zero attached hydrogens (tertiary/aromatic N) is 3. The minimum Gasteiger partial charge on any atom is -0.494 e. The maximum atomic E-state index is 12.7. The van der Waals surface area contributed by atoms with E-state index in [0.717, 1.165) is 49.3 Å². The highest BCUT2D eigenvalue weighted by atomic mass is 35.5. The summed E-state index contributed by atoms with van der Waals surface area (Å²) < 4.78 is 7.72. The van der Waals surface area contributed by atoms with Crippen LogP contribution in [0.25, 0.3) is 11.0 Å². The molecule has 3 aromatic rings. The molecule has 26 heavy (non-hydrogen) atoms. The van der Waals surface area contributed by atoms with Crippen molar-refractivity contribution in [2.45, 2.75) is 19.4 Å². The number of fused-ring (bicyclic) bond motifs is 3. The van der Waals surface area contributed by atoms with E-state index in [1.165, 1.54) is 0 Å². The van der Waals surface area contributed by atoms with Crippen molar-refractivity contribution >= 4 is 28.5 Å². The molecule has 5 nitrogen and oxygen atoms in total. The van der Waals surface area contributed by atoms with Gasteiger partial charge in [0.25, 0.3) is 5.91 Å². The van der Waals surface area contributed by atoms with Gasteiger partial charge in [0.15, 0.2) is 5.82 Å². The van der Waals surface area contributed by atoms with Crippen molar-refractivity contribution in [1.82, 2.24) is 14.5 Å². The Morgan fingerprint density at radius 3 is 2.69 bits per heavy atom. The third kappa shape index (κ3) is 3.40. The SMILES string of the molecule is O=C1c2nc3ccccc3n2CCN1CCCCOc1ccc(Cl)cc1. The summed E-state index contributed by atoms with van der Waals surface area (Å²) in [6.45, 7) is 2.88. The third-order valence-corrected chi connectivity index (χ3v) is 4.88. The summed E-state index contributed by atoms with van der Waals surface area (Å²) in [4.78, 5) is 19.1. The van der Waals surface area contributed by atoms with Gasteiger partial charge in [0.2, 0.25) is 0 Å². The number of rotatable bonds is 6. The highest BCUT2D eigenvalue weighted by Gasteiger charge is 2.27. The number of benzene rings is 2. The Balaban J connectivity index is 1.29. The van der Waals surface area contributed by atoms with E-state index in [2.05, 4.69) is 4.98 Å². The molecule has 0 aliphatic carbocycles. The van der Waals surface area contributed by atoms with Crippen molar-refractivity contribution in [3.05, 3.63) is 59.4 Å². The molecule has 4 rings (SSSR count). The zero-order valence-corrected chi connectivity index (χ0v) is 15.2. The number of ether oxygens (including phenoxy) is 1. The van der Waals surface area contributed by atoms with E-state index in [4.69, 9.17) is 16.3 Å². The summed E-state index contributed by atoms with van der Waals surface area (Å²) in [5.41, 5.74) is 1.92. The van der Waals surface area contributed by atoms with Crippen LogP contribution in [0.3, 0.4) is 0 Å². The minimum atomic E-state index is 0.0195. The van der Waals surface area contributed by atoms with Gasteiger partial charge in [0.05, 0.1) is 17.6 Å². The normalized spacial score (nSPS) is 13.9. The first-order valence-electron chi connectivity index (χ1n) is 8.85. The van der Waals surface area contributed by atoms with Crippen LogP contribution < -0.4 is 4.74 Å². The second-order valence-corrected chi connectivity index (χ2v) is 6.81. The van der Waals surface area contributed by atoms with E-state index in [1.807, 2.05) is 58.0 Å². The highest BCUT2D eigenvalue weighted by Crippen LogP contribution is 2.21. The molecule has 2 aromatic carbocycles. The predicted octanol–water partition coefficient (Wildman–Crippen LogP) is 4.00. The quantitative estimate of drug-likeness (QED) is 0.617. The molecule has 0 fully saturated rings. The molecule has 0 spiro atoms. The van der Waals surface area contributed by atoms with Crippen molar-refractivity contribution in [1.29, 1.82) is 0 Å². The molecule has 1 aliphatic rings. The lowest BCUT2D eigenvalue weighted by molar-refractivity contribution is 0.0693. The fourth-order valence-electron chi connectivity index (χ4n) is 3.27. The van der Waals surface area contributed by atoms with Crippen LogP contribution in [-0.2, 0) is 6.54 Å². The van der Waals surface area contributed by atoms with E-state index in [0.29, 0.717) is 17.5 Å². The van der Waals surface area contributed by atoms with E-state index in [9.17, 15) is 4.79 Å². The number of amides is 1. The van der Waals surface area contributed by atoms with Gasteiger partial charge in [-0.1, -0.05) is 23.7 Å². The van der Waals surface area contributed by atoms with Gasteiger partial charge in [0.1, 0.15) is 5.75 Å². The number of unbranched alkanes of at least 4 members (excludes halogenated alkanes) is 1. The summed E-state index contributed by atoms with van der Waals surface area (Å²) in [5, 5.41) is 0.701. The van der Waals surface area contributed by atoms with Gasteiger partial charge >= 0.3 is 0 Å². The second-order valence-electron chi connectivity index (χ2n) is 6.38. The number of halogens is 1. The van der Waals surface area contributed by atoms with E-state index < -0.39 is 0 Å². The summed E-state index contributed by atoms with van der Waals surface area (Å²) in [7, 11) is 0. The Hall–Kier alpha value is -2.53. The first-order valence-corrected chi connectivity index (χ1v) is 9.23. The Labute approximate surface area is 157 Å². The molecule has 6 heteroatoms. The van der Waals surface area contributed by atoms with Crippen LogP contribution in [-0.4, -0.2) is 40.1 Å². The first kappa shape index (κ1) is 16.9. The molecular formula is C20H20ClN3O2. The lowest BCUT2D eigenvalue weighted by Crippen LogP contribution is -2.41. The molecule has 0 atom stereocenters. The number of carbonyl (C=O) groups excluding carboxylic acids is 1. The van der Waals surface area contributed by atoms with Crippen LogP contribution >= 0.6 is 11.6 Å². The Kier molecular flexibility index (Phi) is 4.80. The number of hydrogen-bond donors (Lipinski definition) is 0. The van der Waals surface area contributed by atoms with Crippen LogP contribution in [0.2, 0.25) is 5.02 Å². The number of aromatic nitrogens is 2. The van der Waals surface area contributed by atoms with Crippen molar-refractivity contribution in [2.75, 3.05) is 19.7 Å². The smallest absolute Gasteiger partial charge is 0.289 e. The Bertz CT molecular complexity index is 920. The standard InChI is InChI=1S/C20H20ClN3O2/c21-15-7-9-16(10-8-15)26-14-4-3-11-23-12-13-24-18-6-2-1-5-17(18)22-19(24)20(23)25/h1-2,5-10H,3-4,11-14H2. The molecule has 134 valence electrons. The number of carbonyl (C=O) groups is 1. The van der Waals surface area contributed by atoms with Gasteiger partial charge < -0.3 is 14.2 Å². The van der Waals surface area contributed by atoms with Crippen molar-refractivity contribution in [2.24, 2.45) is 0 Å². The Morgan fingerprint density at radius 1 is 1.04 bits per heavy atom. The minimum absolute atomic E-state index is 0.0195. The van der Waals surface area contributed by atoms with E-state index in [1.54, 1.807) is 0 Å². The van der Waals surface area contributed by atoms with Gasteiger partial charge in [0, 0.05) is 24.7 Å². The number of hydrogen-bond acceptors (Lipinski definition) is 3. The van der Waals surface area contributed by atoms with Gasteiger partial charge in [-0.15, -0.1) is 0 Å². The fraction of sp³-hybridized carbons (Fsp3) is 0.300. The zero-order chi connectivity index (χ0) is 17.9. The molecule has 0 saturated carbocycles. The number of imidazole rings is 1. The number of para-hydroxylation sites is 2. The molecule has 0 bridgehead atoms. The average molecular weight is 370 g/mol. The maximum Gasteiger partial charge on any atom is 0.289 e. The fourth-order valence-corrected chi connectivity index (χ4v) is 3.39. The highest BCUT2D eigenvalue weighted by molar-refractivity contribution is 6.30. The maximum absolute atomic E-state index is 12.7. The second kappa shape index (κ2) is 7.38. The van der Waals surface area contributed by atoms with Crippen molar-refractivity contribution in [3.8, 4) is 5.75 Å². The van der Waals surface area contributed by atoms with Crippen LogP contribution in [0.4, 0.5) is 0 Å². The van der Waals surface area contributed by atoms with Crippen LogP contribution in [0.15, 0.2) is 48.5 Å². The summed E-state index contributed by atoms with van der Waals surface area (Å²) in [5.74, 6) is 1.39. The first-order chi connectivity index (χ1) is 12.7. The molecule has 1 amide bonds. The average Bonchev–Trinajstić information content (AvgIpc) is 3.04. The van der Waals surface area contributed by atoms with E-state index >= 15 is 0 Å². The lowest BCUT2D eigenvalue weighted by atomic mass is 10.2. The molecule has 0 radical (unpaired) electrons. The molecule has 2 heterocycles. The lowest BCUT2D eigenvalue weighted by Gasteiger charge is -2.27. The topological polar surface area (TPSA) is 47.4 Å². The summed E-state index contributed by atoms with van der Waals surface area (Å²) in [6.07, 6.45) is 1.79. The zero-order valence-electron chi connectivity index (χ0n) is 14.4. The molecule has 0 N–H and O–H groups in total. The molecular weight excluding hydrogens is 350 g/mol. The monoisotopic (exact) mass is 369 g/mol. The summed E-state index contributed by atoms with van der Waals surface area (Å²) >= 11 is 5.86. The van der Waals surface area contributed by atoms with Gasteiger partial charge in [-0.05, 0) is 49.2 Å². The molecule has 0 saturated heterocycles. The molecule has 1 aliphatic heterocycles. The third-order valence-electron chi connectivity index (χ3n) is 4.63. The van der Waals surface area contributed by atoms with Crippen LogP contribution in [0, 0.1) is 0 Å². The van der Waals surface area contributed by atoms with Crippen molar-refractivity contribution in [3.63, 3.8) is 0 Å². The molecule has 1 aromatic heterocycles. The Morgan fingerprint density at radius 2 is 1.85 bits per heavy atom. The van der Waals surface area contributed by atoms with Crippen LogP contribution in [0.5, 0.6) is 5.75 Å². The van der Waals surface area contributed by atoms with E-state index in [-0.39, 0.29) is 5.91 Å². The molecule has 0 unspecified atom stereocenters. The van der Waals surface area contributed by atoms with Gasteiger partial charge in [-0.3, -0.25) is 4.79 Å². The predicted molar refractivity (Wildman–Crippen MR) is 102 cm³/mol. The summed E-state index contributed by atoms with van der Waals surface area (Å²) in [6, 6.07) is 15.3.